The summed E-state index contributed by atoms with van der Waals surface area (Å²) in [6.07, 6.45) is -1.76. The highest BCUT2D eigenvalue weighted by Crippen LogP contribution is 2.35. The Morgan fingerprint density at radius 3 is 3.00 bits per heavy atom. The van der Waals surface area contributed by atoms with Gasteiger partial charge in [0.25, 0.3) is 0 Å². The van der Waals surface area contributed by atoms with E-state index >= 15 is 0 Å². The first-order valence-corrected chi connectivity index (χ1v) is 4.48. The van der Waals surface area contributed by atoms with Crippen LogP contribution in [0.5, 0.6) is 0 Å². The van der Waals surface area contributed by atoms with Crippen LogP contribution in [0.25, 0.3) is 0 Å². The quantitative estimate of drug-likeness (QED) is 0.749. The van der Waals surface area contributed by atoms with Gasteiger partial charge in [-0.2, -0.15) is 0 Å². The molecule has 1 aromatic carbocycles. The van der Waals surface area contributed by atoms with Gasteiger partial charge < -0.3 is 10.5 Å². The van der Waals surface area contributed by atoms with Gasteiger partial charge in [0.2, 0.25) is 0 Å². The molecule has 0 amide bonds. The number of rotatable bonds is 1. The Bertz CT molecular complexity index is 343. The predicted molar refractivity (Wildman–Crippen MR) is 48.0 cm³/mol. The van der Waals surface area contributed by atoms with Gasteiger partial charge in [0, 0.05) is 12.1 Å². The van der Waals surface area contributed by atoms with Gasteiger partial charge in [-0.1, -0.05) is 12.1 Å². The summed E-state index contributed by atoms with van der Waals surface area (Å²) >= 11 is 0. The number of benzene rings is 1. The fraction of sp³-hybridized carbons (Fsp3) is 0.400. The van der Waals surface area contributed by atoms with E-state index in [0.717, 1.165) is 0 Å². The highest BCUT2D eigenvalue weighted by Gasteiger charge is 2.29. The smallest absolute Gasteiger partial charge is 0.149 e. The van der Waals surface area contributed by atoms with Crippen LogP contribution >= 0.6 is 0 Å². The lowest BCUT2D eigenvalue weighted by Crippen LogP contribution is -2.25. The Labute approximate surface area is 80.7 Å². The number of halogens is 2. The zero-order chi connectivity index (χ0) is 10.1. The fourth-order valence-corrected chi connectivity index (χ4v) is 1.73. The molecule has 1 aromatic rings. The predicted octanol–water partition coefficient (Wildman–Crippen LogP) is 1.87. The topological polar surface area (TPSA) is 35.2 Å². The summed E-state index contributed by atoms with van der Waals surface area (Å²) in [5.41, 5.74) is 6.06. The van der Waals surface area contributed by atoms with Crippen LogP contribution in [0.4, 0.5) is 8.78 Å². The van der Waals surface area contributed by atoms with Crippen molar-refractivity contribution in [1.82, 2.24) is 0 Å². The summed E-state index contributed by atoms with van der Waals surface area (Å²) in [6, 6.07) is 4.37. The SMILES string of the molecule is NC[C@@H]1OC[C@H](F)c2cccc(F)c21. The molecule has 2 rings (SSSR count). The van der Waals surface area contributed by atoms with E-state index in [9.17, 15) is 8.78 Å². The third kappa shape index (κ3) is 1.40. The van der Waals surface area contributed by atoms with Gasteiger partial charge in [-0.05, 0) is 11.6 Å². The Balaban J connectivity index is 2.51. The van der Waals surface area contributed by atoms with Crippen molar-refractivity contribution in [3.63, 3.8) is 0 Å². The first-order valence-electron chi connectivity index (χ1n) is 4.48. The zero-order valence-corrected chi connectivity index (χ0v) is 7.54. The first-order chi connectivity index (χ1) is 6.74. The van der Waals surface area contributed by atoms with Gasteiger partial charge in [-0.15, -0.1) is 0 Å². The summed E-state index contributed by atoms with van der Waals surface area (Å²) < 4.78 is 31.8. The van der Waals surface area contributed by atoms with E-state index in [0.29, 0.717) is 5.56 Å². The molecule has 0 spiro atoms. The second-order valence-electron chi connectivity index (χ2n) is 3.27. The van der Waals surface area contributed by atoms with Crippen molar-refractivity contribution < 1.29 is 13.5 Å². The molecule has 0 saturated carbocycles. The van der Waals surface area contributed by atoms with Crippen molar-refractivity contribution in [1.29, 1.82) is 0 Å². The Morgan fingerprint density at radius 1 is 1.50 bits per heavy atom. The number of fused-ring (bicyclic) bond motifs is 1. The molecule has 2 atom stereocenters. The van der Waals surface area contributed by atoms with Crippen molar-refractivity contribution in [3.8, 4) is 0 Å². The van der Waals surface area contributed by atoms with Gasteiger partial charge in [0.05, 0.1) is 12.7 Å². The van der Waals surface area contributed by atoms with Crippen molar-refractivity contribution in [2.45, 2.75) is 12.3 Å². The van der Waals surface area contributed by atoms with Crippen LogP contribution in [-0.4, -0.2) is 13.2 Å². The lowest BCUT2D eigenvalue weighted by atomic mass is 9.96. The van der Waals surface area contributed by atoms with E-state index < -0.39 is 18.1 Å². The lowest BCUT2D eigenvalue weighted by Gasteiger charge is -2.27. The van der Waals surface area contributed by atoms with Crippen LogP contribution in [-0.2, 0) is 4.74 Å². The molecule has 0 radical (unpaired) electrons. The van der Waals surface area contributed by atoms with Crippen LogP contribution in [0.2, 0.25) is 0 Å². The van der Waals surface area contributed by atoms with E-state index in [1.54, 1.807) is 6.07 Å². The molecule has 2 N–H and O–H groups in total. The summed E-state index contributed by atoms with van der Waals surface area (Å²) in [5, 5.41) is 0. The minimum Gasteiger partial charge on any atom is -0.369 e. The normalized spacial score (nSPS) is 25.9. The van der Waals surface area contributed by atoms with Crippen molar-refractivity contribution in [3.05, 3.63) is 35.1 Å². The summed E-state index contributed by atoms with van der Waals surface area (Å²) in [6.45, 7) is 0.124. The number of alkyl halides is 1. The number of hydrogen-bond donors (Lipinski definition) is 1. The Hall–Kier alpha value is -1.00. The summed E-state index contributed by atoms with van der Waals surface area (Å²) in [4.78, 5) is 0. The molecule has 76 valence electrons. The third-order valence-electron chi connectivity index (χ3n) is 2.40. The molecule has 0 fully saturated rings. The molecule has 0 saturated heterocycles. The lowest BCUT2D eigenvalue weighted by molar-refractivity contribution is 0.00157. The largest absolute Gasteiger partial charge is 0.369 e. The first kappa shape index (κ1) is 9.55. The maximum Gasteiger partial charge on any atom is 0.149 e. The third-order valence-corrected chi connectivity index (χ3v) is 2.40. The van der Waals surface area contributed by atoms with Gasteiger partial charge in [-0.25, -0.2) is 8.78 Å². The summed E-state index contributed by atoms with van der Waals surface area (Å²) in [5.74, 6) is -0.444. The van der Waals surface area contributed by atoms with Crippen molar-refractivity contribution >= 4 is 0 Å². The van der Waals surface area contributed by atoms with Crippen LogP contribution in [0.15, 0.2) is 18.2 Å². The second kappa shape index (κ2) is 3.63. The monoisotopic (exact) mass is 199 g/mol. The average molecular weight is 199 g/mol. The van der Waals surface area contributed by atoms with Crippen LogP contribution < -0.4 is 5.73 Å². The molecular formula is C10H11F2NO. The Morgan fingerprint density at radius 2 is 2.29 bits per heavy atom. The molecule has 2 nitrogen and oxygen atoms in total. The van der Waals surface area contributed by atoms with E-state index in [4.69, 9.17) is 10.5 Å². The van der Waals surface area contributed by atoms with Gasteiger partial charge in [0.15, 0.2) is 0 Å². The van der Waals surface area contributed by atoms with E-state index in [1.807, 2.05) is 0 Å². The van der Waals surface area contributed by atoms with Crippen molar-refractivity contribution in [2.75, 3.05) is 13.2 Å². The van der Waals surface area contributed by atoms with Crippen LogP contribution in [0.3, 0.4) is 0 Å². The molecule has 1 aliphatic rings. The molecule has 0 unspecified atom stereocenters. The Kier molecular flexibility index (Phi) is 2.48. The molecular weight excluding hydrogens is 188 g/mol. The number of hydrogen-bond acceptors (Lipinski definition) is 2. The van der Waals surface area contributed by atoms with Gasteiger partial charge >= 0.3 is 0 Å². The highest BCUT2D eigenvalue weighted by molar-refractivity contribution is 5.34. The molecule has 1 heterocycles. The molecule has 4 heteroatoms. The zero-order valence-electron chi connectivity index (χ0n) is 7.54. The molecule has 14 heavy (non-hydrogen) atoms. The van der Waals surface area contributed by atoms with E-state index in [-0.39, 0.29) is 18.7 Å². The molecule has 0 aliphatic carbocycles. The summed E-state index contributed by atoms with van der Waals surface area (Å²) in [7, 11) is 0. The van der Waals surface area contributed by atoms with Crippen molar-refractivity contribution in [2.24, 2.45) is 5.73 Å². The maximum absolute atomic E-state index is 13.4. The molecule has 1 aliphatic heterocycles. The maximum atomic E-state index is 13.4. The molecule has 0 bridgehead atoms. The molecule has 0 aromatic heterocycles. The minimum absolute atomic E-state index is 0.0433. The van der Waals surface area contributed by atoms with Crippen LogP contribution in [0.1, 0.15) is 23.4 Å². The minimum atomic E-state index is -1.25. The van der Waals surface area contributed by atoms with E-state index in [2.05, 4.69) is 0 Å². The number of nitrogens with two attached hydrogens (primary N) is 1. The standard InChI is InChI=1S/C10H11F2NO/c11-7-3-1-2-6-8(12)5-14-9(4-13)10(6)7/h1-3,8-9H,4-5,13H2/t8-,9-/m0/s1. The van der Waals surface area contributed by atoms with Gasteiger partial charge in [0.1, 0.15) is 12.0 Å². The fourth-order valence-electron chi connectivity index (χ4n) is 1.73. The van der Waals surface area contributed by atoms with Gasteiger partial charge in [-0.3, -0.25) is 0 Å². The number of ether oxygens (including phenoxy) is 1. The van der Waals surface area contributed by atoms with E-state index in [1.165, 1.54) is 12.1 Å². The highest BCUT2D eigenvalue weighted by atomic mass is 19.1. The average Bonchev–Trinajstić information content (AvgIpc) is 2.20. The van der Waals surface area contributed by atoms with Crippen LogP contribution in [0, 0.1) is 5.82 Å². The second-order valence-corrected chi connectivity index (χ2v) is 3.27.